The van der Waals surface area contributed by atoms with Gasteiger partial charge in [-0.2, -0.15) is 0 Å². The van der Waals surface area contributed by atoms with Crippen LogP contribution in [0, 0.1) is 0 Å². The van der Waals surface area contributed by atoms with E-state index in [1.807, 2.05) is 26.1 Å². The second-order valence-corrected chi connectivity index (χ2v) is 7.30. The Balaban J connectivity index is 1.85. The average molecular weight is 311 g/mol. The fraction of sp³-hybridized carbons (Fsp3) is 0.600. The molecular formula is C15H25N3O2S. The summed E-state index contributed by atoms with van der Waals surface area (Å²) in [5, 5.41) is 3.22. The second-order valence-electron chi connectivity index (χ2n) is 5.53. The summed E-state index contributed by atoms with van der Waals surface area (Å²) in [6.45, 7) is 4.91. The molecule has 0 spiro atoms. The van der Waals surface area contributed by atoms with Crippen molar-refractivity contribution in [3.05, 3.63) is 29.8 Å². The number of likely N-dealkylation sites (N-methyl/N-ethyl adjacent to an activating group) is 1. The first kappa shape index (κ1) is 16.4. The van der Waals surface area contributed by atoms with Crippen molar-refractivity contribution in [2.75, 3.05) is 26.7 Å². The van der Waals surface area contributed by atoms with Gasteiger partial charge in [0.1, 0.15) is 0 Å². The van der Waals surface area contributed by atoms with E-state index < -0.39 is 10.0 Å². The first-order chi connectivity index (χ1) is 10.0. The molecule has 0 atom stereocenters. The second kappa shape index (κ2) is 7.35. The highest BCUT2D eigenvalue weighted by Crippen LogP contribution is 2.24. The van der Waals surface area contributed by atoms with Crippen molar-refractivity contribution in [1.82, 2.24) is 14.9 Å². The minimum atomic E-state index is -3.40. The highest BCUT2D eigenvalue weighted by Gasteiger charge is 2.25. The highest BCUT2D eigenvalue weighted by atomic mass is 32.2. The van der Waals surface area contributed by atoms with Crippen LogP contribution < -0.4 is 10.0 Å². The molecule has 21 heavy (non-hydrogen) atoms. The number of benzene rings is 1. The molecule has 2 rings (SSSR count). The van der Waals surface area contributed by atoms with Crippen molar-refractivity contribution in [3.8, 4) is 0 Å². The van der Waals surface area contributed by atoms with Crippen molar-refractivity contribution in [2.45, 2.75) is 37.2 Å². The van der Waals surface area contributed by atoms with Gasteiger partial charge in [0.2, 0.25) is 10.0 Å². The van der Waals surface area contributed by atoms with Crippen LogP contribution >= 0.6 is 0 Å². The maximum Gasteiger partial charge on any atom is 0.240 e. The predicted octanol–water partition coefficient (Wildman–Crippen LogP) is 1.17. The molecule has 5 nitrogen and oxygen atoms in total. The van der Waals surface area contributed by atoms with Crippen LogP contribution in [0.5, 0.6) is 0 Å². The lowest BCUT2D eigenvalue weighted by Gasteiger charge is -2.15. The zero-order valence-corrected chi connectivity index (χ0v) is 13.6. The maximum atomic E-state index is 12.2. The van der Waals surface area contributed by atoms with Crippen LogP contribution in [0.4, 0.5) is 0 Å². The zero-order chi connectivity index (χ0) is 15.3. The first-order valence-corrected chi connectivity index (χ1v) is 9.01. The maximum absolute atomic E-state index is 12.2. The van der Waals surface area contributed by atoms with E-state index in [4.69, 9.17) is 0 Å². The fourth-order valence-electron chi connectivity index (χ4n) is 2.19. The number of sulfonamides is 1. The molecule has 1 saturated carbocycles. The molecule has 0 heterocycles. The summed E-state index contributed by atoms with van der Waals surface area (Å²) >= 11 is 0. The normalized spacial score (nSPS) is 15.6. The predicted molar refractivity (Wildman–Crippen MR) is 84.7 cm³/mol. The third-order valence-electron chi connectivity index (χ3n) is 3.74. The van der Waals surface area contributed by atoms with Crippen LogP contribution in [0.1, 0.15) is 25.3 Å². The van der Waals surface area contributed by atoms with E-state index in [1.54, 1.807) is 12.1 Å². The molecule has 6 heteroatoms. The Kier molecular flexibility index (Phi) is 5.75. The van der Waals surface area contributed by atoms with Crippen LogP contribution in [-0.4, -0.2) is 46.0 Å². The molecule has 0 aromatic heterocycles. The zero-order valence-electron chi connectivity index (χ0n) is 12.8. The lowest BCUT2D eigenvalue weighted by molar-refractivity contribution is 0.329. The molecule has 0 bridgehead atoms. The molecule has 0 saturated heterocycles. The van der Waals surface area contributed by atoms with Crippen molar-refractivity contribution in [1.29, 1.82) is 0 Å². The molecule has 1 fully saturated rings. The number of hydrogen-bond donors (Lipinski definition) is 2. The third kappa shape index (κ3) is 5.07. The van der Waals surface area contributed by atoms with Gasteiger partial charge in [-0.15, -0.1) is 0 Å². The van der Waals surface area contributed by atoms with Gasteiger partial charge >= 0.3 is 0 Å². The molecule has 0 aliphatic heterocycles. The Hall–Kier alpha value is -0.950. The van der Waals surface area contributed by atoms with Gasteiger partial charge in [-0.05, 0) is 44.1 Å². The summed E-state index contributed by atoms with van der Waals surface area (Å²) in [6, 6.07) is 7.69. The summed E-state index contributed by atoms with van der Waals surface area (Å²) in [4.78, 5) is 2.54. The van der Waals surface area contributed by atoms with Gasteiger partial charge < -0.3 is 10.2 Å². The van der Waals surface area contributed by atoms with Crippen LogP contribution in [0.2, 0.25) is 0 Å². The molecule has 1 aromatic rings. The van der Waals surface area contributed by atoms with Gasteiger partial charge in [0.05, 0.1) is 4.90 Å². The topological polar surface area (TPSA) is 61.4 Å². The van der Waals surface area contributed by atoms with E-state index in [2.05, 4.69) is 14.9 Å². The van der Waals surface area contributed by atoms with E-state index in [9.17, 15) is 8.42 Å². The Bertz CT molecular complexity index is 539. The summed E-state index contributed by atoms with van der Waals surface area (Å²) in [5.74, 6) is 0. The largest absolute Gasteiger partial charge is 0.313 e. The molecule has 2 N–H and O–H groups in total. The minimum Gasteiger partial charge on any atom is -0.313 e. The molecule has 1 aromatic carbocycles. The van der Waals surface area contributed by atoms with Crippen molar-refractivity contribution in [3.63, 3.8) is 0 Å². The number of hydrogen-bond acceptors (Lipinski definition) is 4. The van der Waals surface area contributed by atoms with Crippen molar-refractivity contribution < 1.29 is 8.42 Å². The quantitative estimate of drug-likeness (QED) is 0.719. The van der Waals surface area contributed by atoms with E-state index in [0.717, 1.165) is 25.2 Å². The van der Waals surface area contributed by atoms with Crippen molar-refractivity contribution in [2.24, 2.45) is 0 Å². The molecular weight excluding hydrogens is 286 g/mol. The van der Waals surface area contributed by atoms with E-state index >= 15 is 0 Å². The lowest BCUT2D eigenvalue weighted by atomic mass is 10.2. The standard InChI is InChI=1S/C15H25N3O2S/c1-3-16-12-13-4-8-15(9-5-13)21(19,20)17-10-11-18(2)14-6-7-14/h4-5,8-9,14,16-17H,3,6-7,10-12H2,1-2H3. The molecule has 0 unspecified atom stereocenters. The third-order valence-corrected chi connectivity index (χ3v) is 5.22. The summed E-state index contributed by atoms with van der Waals surface area (Å²) in [7, 11) is -1.35. The SMILES string of the molecule is CCNCc1ccc(S(=O)(=O)NCCN(C)C2CC2)cc1. The minimum absolute atomic E-state index is 0.330. The van der Waals surface area contributed by atoms with Gasteiger partial charge in [0.15, 0.2) is 0 Å². The van der Waals surface area contributed by atoms with Gasteiger partial charge in [-0.3, -0.25) is 0 Å². The summed E-state index contributed by atoms with van der Waals surface area (Å²) < 4.78 is 27.0. The monoisotopic (exact) mass is 311 g/mol. The van der Waals surface area contributed by atoms with Crippen LogP contribution in [-0.2, 0) is 16.6 Å². The smallest absolute Gasteiger partial charge is 0.240 e. The molecule has 118 valence electrons. The average Bonchev–Trinajstić information content (AvgIpc) is 3.30. The summed E-state index contributed by atoms with van der Waals surface area (Å²) in [6.07, 6.45) is 2.47. The highest BCUT2D eigenvalue weighted by molar-refractivity contribution is 7.89. The van der Waals surface area contributed by atoms with E-state index in [0.29, 0.717) is 17.5 Å². The van der Waals surface area contributed by atoms with E-state index in [1.165, 1.54) is 12.8 Å². The Labute approximate surface area is 127 Å². The summed E-state index contributed by atoms with van der Waals surface area (Å²) in [5.41, 5.74) is 1.09. The van der Waals surface area contributed by atoms with Crippen molar-refractivity contribution >= 4 is 10.0 Å². The van der Waals surface area contributed by atoms with Gasteiger partial charge in [-0.1, -0.05) is 19.1 Å². The Morgan fingerprint density at radius 2 is 1.90 bits per heavy atom. The lowest BCUT2D eigenvalue weighted by Crippen LogP contribution is -2.34. The Morgan fingerprint density at radius 3 is 2.48 bits per heavy atom. The molecule has 1 aliphatic carbocycles. The van der Waals surface area contributed by atoms with Gasteiger partial charge in [0.25, 0.3) is 0 Å². The van der Waals surface area contributed by atoms with Gasteiger partial charge in [-0.25, -0.2) is 13.1 Å². The number of nitrogens with zero attached hydrogens (tertiary/aromatic N) is 1. The molecule has 0 amide bonds. The van der Waals surface area contributed by atoms with Crippen LogP contribution in [0.25, 0.3) is 0 Å². The van der Waals surface area contributed by atoms with Gasteiger partial charge in [0, 0.05) is 25.7 Å². The van der Waals surface area contributed by atoms with E-state index in [-0.39, 0.29) is 0 Å². The first-order valence-electron chi connectivity index (χ1n) is 7.52. The fourth-order valence-corrected chi connectivity index (χ4v) is 3.21. The number of rotatable bonds is 9. The molecule has 1 aliphatic rings. The van der Waals surface area contributed by atoms with Crippen LogP contribution in [0.15, 0.2) is 29.2 Å². The van der Waals surface area contributed by atoms with Crippen LogP contribution in [0.3, 0.4) is 0 Å². The number of nitrogens with one attached hydrogen (secondary N) is 2. The molecule has 0 radical (unpaired) electrons. The Morgan fingerprint density at radius 1 is 1.24 bits per heavy atom.